The Morgan fingerprint density at radius 2 is 1.89 bits per heavy atom. The first-order chi connectivity index (χ1) is 13.2. The highest BCUT2D eigenvalue weighted by atomic mass is 16.5. The van der Waals surface area contributed by atoms with E-state index < -0.39 is 0 Å². The summed E-state index contributed by atoms with van der Waals surface area (Å²) < 4.78 is 5.90. The molecule has 1 amide bonds. The van der Waals surface area contributed by atoms with E-state index in [0.29, 0.717) is 35.0 Å². The number of nitrogens with zero attached hydrogens (tertiary/aromatic N) is 2. The summed E-state index contributed by atoms with van der Waals surface area (Å²) in [6, 6.07) is 18.1. The Morgan fingerprint density at radius 1 is 1.04 bits per heavy atom. The number of oxime groups is 1. The maximum absolute atomic E-state index is 12.2. The number of anilines is 1. The van der Waals surface area contributed by atoms with Gasteiger partial charge in [-0.15, -0.1) is 0 Å². The second-order valence-corrected chi connectivity index (χ2v) is 6.14. The van der Waals surface area contributed by atoms with E-state index in [9.17, 15) is 4.79 Å². The molecule has 2 N–H and O–H groups in total. The van der Waals surface area contributed by atoms with E-state index in [4.69, 9.17) is 9.94 Å². The van der Waals surface area contributed by atoms with Crippen LogP contribution in [0.2, 0.25) is 0 Å². The first kappa shape index (κ1) is 16.8. The number of hydrogen-bond donors (Lipinski definition) is 2. The van der Waals surface area contributed by atoms with Crippen molar-refractivity contribution in [3.05, 3.63) is 83.6 Å². The zero-order valence-electron chi connectivity index (χ0n) is 14.4. The van der Waals surface area contributed by atoms with Crippen molar-refractivity contribution in [2.45, 2.75) is 12.8 Å². The lowest BCUT2D eigenvalue weighted by Crippen LogP contribution is -2.11. The van der Waals surface area contributed by atoms with Crippen LogP contribution in [0.3, 0.4) is 0 Å². The number of pyridine rings is 1. The van der Waals surface area contributed by atoms with E-state index in [0.717, 1.165) is 17.5 Å². The van der Waals surface area contributed by atoms with E-state index in [-0.39, 0.29) is 5.91 Å². The van der Waals surface area contributed by atoms with Gasteiger partial charge in [-0.05, 0) is 37.1 Å². The van der Waals surface area contributed by atoms with E-state index in [1.54, 1.807) is 30.5 Å². The minimum absolute atomic E-state index is 0.192. The van der Waals surface area contributed by atoms with Gasteiger partial charge in [0.25, 0.3) is 5.91 Å². The number of nitrogens with one attached hydrogen (secondary N) is 1. The molecule has 1 aliphatic rings. The summed E-state index contributed by atoms with van der Waals surface area (Å²) in [5.41, 5.74) is 3.75. The first-order valence-electron chi connectivity index (χ1n) is 8.58. The second kappa shape index (κ2) is 7.29. The maximum atomic E-state index is 12.2. The lowest BCUT2D eigenvalue weighted by molar-refractivity contribution is 0.102. The van der Waals surface area contributed by atoms with Crippen molar-refractivity contribution in [1.29, 1.82) is 0 Å². The van der Waals surface area contributed by atoms with Gasteiger partial charge in [-0.1, -0.05) is 35.5 Å². The summed E-state index contributed by atoms with van der Waals surface area (Å²) in [5.74, 6) is 0.929. The molecule has 1 aliphatic carbocycles. The average Bonchev–Trinajstić information content (AvgIpc) is 3.14. The van der Waals surface area contributed by atoms with Gasteiger partial charge in [0, 0.05) is 22.8 Å². The molecule has 1 heterocycles. The number of fused-ring (bicyclic) bond motifs is 1. The van der Waals surface area contributed by atoms with Gasteiger partial charge in [0.2, 0.25) is 5.88 Å². The normalized spacial score (nSPS) is 14.0. The van der Waals surface area contributed by atoms with Crippen molar-refractivity contribution in [1.82, 2.24) is 4.98 Å². The molecule has 0 atom stereocenters. The largest absolute Gasteiger partial charge is 0.439 e. The zero-order chi connectivity index (χ0) is 18.6. The highest BCUT2D eigenvalue weighted by Gasteiger charge is 2.22. The van der Waals surface area contributed by atoms with Crippen LogP contribution in [0.4, 0.5) is 5.69 Å². The third kappa shape index (κ3) is 3.50. The molecule has 0 aliphatic heterocycles. The van der Waals surface area contributed by atoms with Crippen molar-refractivity contribution >= 4 is 17.3 Å². The molecule has 0 fully saturated rings. The van der Waals surface area contributed by atoms with E-state index >= 15 is 0 Å². The Balaban J connectivity index is 1.48. The molecule has 1 aromatic heterocycles. The molecule has 2 aromatic carbocycles. The fraction of sp³-hybridized carbons (Fsp3) is 0.0952. The number of rotatable bonds is 4. The molecular weight excluding hydrogens is 342 g/mol. The highest BCUT2D eigenvalue weighted by Crippen LogP contribution is 2.33. The maximum Gasteiger partial charge on any atom is 0.255 e. The Bertz CT molecular complexity index is 999. The predicted molar refractivity (Wildman–Crippen MR) is 102 cm³/mol. The van der Waals surface area contributed by atoms with E-state index in [1.165, 1.54) is 0 Å². The number of hydrogen-bond acceptors (Lipinski definition) is 5. The van der Waals surface area contributed by atoms with Gasteiger partial charge in [0.05, 0.1) is 17.6 Å². The van der Waals surface area contributed by atoms with Crippen molar-refractivity contribution in [3.8, 4) is 11.6 Å². The van der Waals surface area contributed by atoms with Gasteiger partial charge in [-0.2, -0.15) is 0 Å². The number of carbonyl (C=O) groups is 1. The van der Waals surface area contributed by atoms with Gasteiger partial charge in [-0.3, -0.25) is 4.79 Å². The molecule has 0 unspecified atom stereocenters. The van der Waals surface area contributed by atoms with Crippen molar-refractivity contribution in [3.63, 3.8) is 0 Å². The summed E-state index contributed by atoms with van der Waals surface area (Å²) in [6.45, 7) is 0. The number of benzene rings is 2. The number of ether oxygens (including phenoxy) is 1. The van der Waals surface area contributed by atoms with Crippen LogP contribution in [0.25, 0.3) is 0 Å². The molecule has 27 heavy (non-hydrogen) atoms. The number of amides is 1. The number of aromatic nitrogens is 1. The molecule has 0 saturated carbocycles. The molecule has 0 bridgehead atoms. The third-order valence-corrected chi connectivity index (χ3v) is 4.42. The molecule has 6 nitrogen and oxygen atoms in total. The molecule has 134 valence electrons. The molecular formula is C21H17N3O3. The zero-order valence-corrected chi connectivity index (χ0v) is 14.4. The lowest BCUT2D eigenvalue weighted by Gasteiger charge is -2.10. The lowest BCUT2D eigenvalue weighted by atomic mass is 10.1. The molecule has 0 spiro atoms. The van der Waals surface area contributed by atoms with Crippen molar-refractivity contribution < 1.29 is 14.7 Å². The van der Waals surface area contributed by atoms with E-state index in [1.807, 2.05) is 36.4 Å². The monoisotopic (exact) mass is 359 g/mol. The van der Waals surface area contributed by atoms with Crippen LogP contribution in [-0.4, -0.2) is 21.8 Å². The summed E-state index contributed by atoms with van der Waals surface area (Å²) in [7, 11) is 0. The van der Waals surface area contributed by atoms with Crippen LogP contribution in [-0.2, 0) is 6.42 Å². The van der Waals surface area contributed by atoms with Crippen LogP contribution in [0.15, 0.2) is 72.0 Å². The van der Waals surface area contributed by atoms with Crippen molar-refractivity contribution in [2.24, 2.45) is 5.16 Å². The molecule has 4 rings (SSSR count). The quantitative estimate of drug-likeness (QED) is 0.539. The molecule has 0 saturated heterocycles. The summed E-state index contributed by atoms with van der Waals surface area (Å²) >= 11 is 0. The standard InChI is InChI=1S/C21H17N3O3/c25-21(14-5-2-1-3-6-14)23-15-9-12-20(22-13-15)27-19-8-4-7-16-17(19)10-11-18(16)24-26/h1-9,12-13,26H,10-11H2,(H,23,25). The van der Waals surface area contributed by atoms with Gasteiger partial charge < -0.3 is 15.3 Å². The minimum atomic E-state index is -0.192. The SMILES string of the molecule is O=C(Nc1ccc(Oc2cccc3c2CCC3=NO)nc1)c1ccccc1. The Hall–Kier alpha value is -3.67. The van der Waals surface area contributed by atoms with Crippen LogP contribution >= 0.6 is 0 Å². The summed E-state index contributed by atoms with van der Waals surface area (Å²) in [5, 5.41) is 15.2. The highest BCUT2D eigenvalue weighted by molar-refractivity contribution is 6.05. The van der Waals surface area contributed by atoms with Crippen LogP contribution in [0.1, 0.15) is 27.9 Å². The third-order valence-electron chi connectivity index (χ3n) is 4.42. The fourth-order valence-corrected chi connectivity index (χ4v) is 3.09. The van der Waals surface area contributed by atoms with Crippen LogP contribution in [0, 0.1) is 0 Å². The summed E-state index contributed by atoms with van der Waals surface area (Å²) in [6.07, 6.45) is 3.00. The van der Waals surface area contributed by atoms with Crippen LogP contribution in [0.5, 0.6) is 11.6 Å². The molecule has 3 aromatic rings. The van der Waals surface area contributed by atoms with Gasteiger partial charge in [-0.25, -0.2) is 4.98 Å². The Morgan fingerprint density at radius 3 is 2.63 bits per heavy atom. The predicted octanol–water partition coefficient (Wildman–Crippen LogP) is 4.25. The first-order valence-corrected chi connectivity index (χ1v) is 8.58. The van der Waals surface area contributed by atoms with Gasteiger partial charge >= 0.3 is 0 Å². The van der Waals surface area contributed by atoms with Crippen LogP contribution < -0.4 is 10.1 Å². The topological polar surface area (TPSA) is 83.8 Å². The van der Waals surface area contributed by atoms with E-state index in [2.05, 4.69) is 15.5 Å². The Labute approximate surface area is 156 Å². The van der Waals surface area contributed by atoms with Gasteiger partial charge in [0.15, 0.2) is 0 Å². The number of carbonyl (C=O) groups excluding carboxylic acids is 1. The average molecular weight is 359 g/mol. The minimum Gasteiger partial charge on any atom is -0.439 e. The second-order valence-electron chi connectivity index (χ2n) is 6.14. The summed E-state index contributed by atoms with van der Waals surface area (Å²) in [4.78, 5) is 16.4. The smallest absolute Gasteiger partial charge is 0.255 e. The Kier molecular flexibility index (Phi) is 4.53. The van der Waals surface area contributed by atoms with Gasteiger partial charge in [0.1, 0.15) is 5.75 Å². The fourth-order valence-electron chi connectivity index (χ4n) is 3.09. The molecule has 6 heteroatoms. The van der Waals surface area contributed by atoms with Crippen molar-refractivity contribution in [2.75, 3.05) is 5.32 Å². The molecule has 0 radical (unpaired) electrons.